The third-order valence-corrected chi connectivity index (χ3v) is 12.1. The van der Waals surface area contributed by atoms with Crippen LogP contribution in [0.3, 0.4) is 0 Å². The van der Waals surface area contributed by atoms with E-state index in [9.17, 15) is 0 Å². The van der Waals surface area contributed by atoms with Crippen molar-refractivity contribution in [1.82, 2.24) is 0 Å². The fourth-order valence-electron chi connectivity index (χ4n) is 1.79. The van der Waals surface area contributed by atoms with Crippen molar-refractivity contribution in [2.24, 2.45) is 0 Å². The van der Waals surface area contributed by atoms with E-state index in [1.807, 2.05) is 60.7 Å². The molecule has 25 heavy (non-hydrogen) atoms. The first-order valence-corrected chi connectivity index (χ1v) is 14.7. The molecular weight excluding hydrogens is 448 g/mol. The van der Waals surface area contributed by atoms with E-state index in [0.29, 0.717) is 19.1 Å². The van der Waals surface area contributed by atoms with Gasteiger partial charge in [0, 0.05) is 5.90 Å². The van der Waals surface area contributed by atoms with Crippen molar-refractivity contribution in [2.45, 2.75) is 13.2 Å². The summed E-state index contributed by atoms with van der Waals surface area (Å²) in [7, 11) is 0. The van der Waals surface area contributed by atoms with Crippen LogP contribution in [0.4, 0.5) is 0 Å². The molecule has 0 bridgehead atoms. The zero-order valence-corrected chi connectivity index (χ0v) is 23.3. The van der Waals surface area contributed by atoms with E-state index in [1.54, 1.807) is 0 Å². The van der Waals surface area contributed by atoms with Gasteiger partial charge in [-0.2, -0.15) is 0 Å². The average Bonchev–Trinajstić information content (AvgIpc) is 2.52. The standard InChI is InChI=1S/C15H18O2P2S4.2Na/c20-18(21,16-11-14-7-3-1-4-8-14)13-19(22,23)17-12-15-9-5-2-6-10-15;;/h1-10H,11-13H2,(H,20,21)(H,22,23);;/q;2*+1/p-2. The van der Waals surface area contributed by atoms with Gasteiger partial charge in [-0.05, 0) is 11.1 Å². The Bertz CT molecular complexity index is 658. The molecule has 0 aliphatic heterocycles. The molecule has 0 saturated carbocycles. The third-order valence-electron chi connectivity index (χ3n) is 2.89. The molecule has 0 aromatic heterocycles. The van der Waals surface area contributed by atoms with E-state index >= 15 is 0 Å². The molecule has 2 aromatic carbocycles. The molecule has 0 spiro atoms. The van der Waals surface area contributed by atoms with Gasteiger partial charge in [-0.1, -0.05) is 95.2 Å². The third kappa shape index (κ3) is 11.8. The summed E-state index contributed by atoms with van der Waals surface area (Å²) in [5.41, 5.74) is -2.86. The zero-order chi connectivity index (χ0) is 16.8. The fourth-order valence-corrected chi connectivity index (χ4v) is 13.9. The summed E-state index contributed by atoms with van der Waals surface area (Å²) in [6, 6.07) is 19.6. The largest absolute Gasteiger partial charge is 1.00 e. The van der Waals surface area contributed by atoms with Gasteiger partial charge in [-0.15, -0.1) is 0 Å². The molecule has 2 nitrogen and oxygen atoms in total. The first kappa shape index (κ1) is 27.4. The van der Waals surface area contributed by atoms with Gasteiger partial charge in [0.05, 0.1) is 13.2 Å². The number of hydrogen-bond acceptors (Lipinski definition) is 6. The van der Waals surface area contributed by atoms with Gasteiger partial charge < -0.3 is 33.5 Å². The first-order chi connectivity index (χ1) is 10.9. The molecule has 0 fully saturated rings. The summed E-state index contributed by atoms with van der Waals surface area (Å²) in [5, 5.41) is 0. The van der Waals surface area contributed by atoms with Crippen molar-refractivity contribution in [3.8, 4) is 0 Å². The molecule has 0 heterocycles. The van der Waals surface area contributed by atoms with Crippen molar-refractivity contribution in [3.63, 3.8) is 0 Å². The molecular formula is C15H16Na2O2P2S4. The van der Waals surface area contributed by atoms with Crippen molar-refractivity contribution in [2.75, 3.05) is 5.90 Å². The van der Waals surface area contributed by atoms with Gasteiger partial charge >= 0.3 is 59.1 Å². The van der Waals surface area contributed by atoms with Crippen molar-refractivity contribution >= 4 is 59.0 Å². The van der Waals surface area contributed by atoms with Gasteiger partial charge in [-0.25, -0.2) is 0 Å². The molecule has 2 unspecified atom stereocenters. The molecule has 2 rings (SSSR count). The van der Waals surface area contributed by atoms with Crippen molar-refractivity contribution in [1.29, 1.82) is 0 Å². The SMILES string of the molecule is S=P([S-])(CP(=S)([S-])OCc1ccccc1)OCc1ccccc1.[Na+].[Na+]. The zero-order valence-electron chi connectivity index (χ0n) is 14.2. The van der Waals surface area contributed by atoms with Crippen LogP contribution in [0.5, 0.6) is 0 Å². The van der Waals surface area contributed by atoms with Gasteiger partial charge in [0.25, 0.3) is 0 Å². The minimum atomic E-state index is -2.47. The summed E-state index contributed by atoms with van der Waals surface area (Å²) in [4.78, 5) is 0. The molecule has 0 aliphatic rings. The Labute approximate surface area is 215 Å². The fraction of sp³-hybridized carbons (Fsp3) is 0.200. The van der Waals surface area contributed by atoms with E-state index in [0.717, 1.165) is 11.1 Å². The van der Waals surface area contributed by atoms with Crippen molar-refractivity contribution in [3.05, 3.63) is 71.8 Å². The molecule has 0 radical (unpaired) electrons. The van der Waals surface area contributed by atoms with Crippen LogP contribution in [-0.2, 0) is 70.4 Å². The van der Waals surface area contributed by atoms with Crippen LogP contribution in [0.15, 0.2) is 60.7 Å². The topological polar surface area (TPSA) is 18.5 Å². The molecule has 2 aromatic rings. The second-order valence-electron chi connectivity index (χ2n) is 4.88. The van der Waals surface area contributed by atoms with Gasteiger partial charge in [0.2, 0.25) is 0 Å². The van der Waals surface area contributed by atoms with Gasteiger partial charge in [0.15, 0.2) is 0 Å². The molecule has 0 aliphatic carbocycles. The summed E-state index contributed by atoms with van der Waals surface area (Å²) in [6.07, 6.45) is 0. The predicted octanol–water partition coefficient (Wildman–Crippen LogP) is -0.902. The maximum Gasteiger partial charge on any atom is 1.00 e. The monoisotopic (exact) mass is 464 g/mol. The van der Waals surface area contributed by atoms with E-state index in [-0.39, 0.29) is 59.1 Å². The van der Waals surface area contributed by atoms with E-state index in [1.165, 1.54) is 0 Å². The maximum atomic E-state index is 5.76. The van der Waals surface area contributed by atoms with Crippen LogP contribution in [0.25, 0.3) is 0 Å². The minimum absolute atomic E-state index is 0. The number of benzene rings is 2. The summed E-state index contributed by atoms with van der Waals surface area (Å²) in [6.45, 7) is 0.788. The maximum absolute atomic E-state index is 5.76. The normalized spacial score (nSPS) is 15.1. The Morgan fingerprint density at radius 2 is 1.00 bits per heavy atom. The summed E-state index contributed by atoms with van der Waals surface area (Å²) >= 11 is 21.8. The Kier molecular flexibility index (Phi) is 14.8. The minimum Gasteiger partial charge on any atom is -0.719 e. The second-order valence-corrected chi connectivity index (χ2v) is 17.4. The Morgan fingerprint density at radius 1 is 0.680 bits per heavy atom. The van der Waals surface area contributed by atoms with Crippen molar-refractivity contribution < 1.29 is 68.2 Å². The van der Waals surface area contributed by atoms with Gasteiger partial charge in [0.1, 0.15) is 0 Å². The quantitative estimate of drug-likeness (QED) is 0.284. The first-order valence-electron chi connectivity index (χ1n) is 6.83. The van der Waals surface area contributed by atoms with E-state index < -0.39 is 10.9 Å². The van der Waals surface area contributed by atoms with E-state index in [2.05, 4.69) is 0 Å². The average molecular weight is 464 g/mol. The van der Waals surface area contributed by atoms with Crippen LogP contribution >= 0.6 is 10.9 Å². The molecule has 0 saturated heterocycles. The summed E-state index contributed by atoms with van der Waals surface area (Å²) < 4.78 is 11.5. The predicted molar refractivity (Wildman–Crippen MR) is 111 cm³/mol. The van der Waals surface area contributed by atoms with Crippen LogP contribution in [-0.4, -0.2) is 5.90 Å². The Balaban J connectivity index is 0.00000288. The Morgan fingerprint density at radius 3 is 1.32 bits per heavy atom. The second kappa shape index (κ2) is 13.6. The molecule has 0 N–H and O–H groups in total. The van der Waals surface area contributed by atoms with Crippen LogP contribution in [0.1, 0.15) is 11.1 Å². The van der Waals surface area contributed by atoms with Crippen LogP contribution in [0, 0.1) is 0 Å². The van der Waals surface area contributed by atoms with Crippen LogP contribution < -0.4 is 59.1 Å². The smallest absolute Gasteiger partial charge is 0.719 e. The number of rotatable bonds is 8. The molecule has 10 heteroatoms. The van der Waals surface area contributed by atoms with E-state index in [4.69, 9.17) is 57.2 Å². The number of hydrogen-bond donors (Lipinski definition) is 0. The Hall–Kier alpha value is 2.36. The van der Waals surface area contributed by atoms with Gasteiger partial charge in [-0.3, -0.25) is 0 Å². The van der Waals surface area contributed by atoms with Crippen LogP contribution in [0.2, 0.25) is 0 Å². The summed E-state index contributed by atoms with van der Waals surface area (Å²) in [5.74, 6) is 0.314. The molecule has 0 amide bonds. The molecule has 124 valence electrons. The molecule has 2 atom stereocenters.